The van der Waals surface area contributed by atoms with Gasteiger partial charge in [-0.25, -0.2) is 4.98 Å². The zero-order valence-corrected chi connectivity index (χ0v) is 16.0. The van der Waals surface area contributed by atoms with Crippen LogP contribution in [-0.4, -0.2) is 23.2 Å². The largest absolute Gasteiger partial charge is 0.497 e. The van der Waals surface area contributed by atoms with Crippen LogP contribution < -0.4 is 4.74 Å². The third-order valence-electron chi connectivity index (χ3n) is 3.98. The van der Waals surface area contributed by atoms with Crippen molar-refractivity contribution in [2.75, 3.05) is 7.11 Å². The first-order valence-electron chi connectivity index (χ1n) is 8.29. The van der Waals surface area contributed by atoms with E-state index in [1.54, 1.807) is 19.2 Å². The number of methoxy groups -OCH3 is 1. The van der Waals surface area contributed by atoms with Crippen molar-refractivity contribution in [3.05, 3.63) is 58.4 Å². The molecule has 0 amide bonds. The number of ether oxygens (including phenoxy) is 1. The maximum Gasteiger partial charge on any atom is 0.303 e. The molecule has 0 unspecified atom stereocenters. The second kappa shape index (κ2) is 8.46. The van der Waals surface area contributed by atoms with Gasteiger partial charge in [0.05, 0.1) is 17.2 Å². The van der Waals surface area contributed by atoms with E-state index in [0.717, 1.165) is 11.1 Å². The lowest BCUT2D eigenvalue weighted by Crippen LogP contribution is -1.95. The van der Waals surface area contributed by atoms with Gasteiger partial charge in [0.1, 0.15) is 11.4 Å². The lowest BCUT2D eigenvalue weighted by molar-refractivity contribution is -0.137. The summed E-state index contributed by atoms with van der Waals surface area (Å²) >= 11 is 12.2. The van der Waals surface area contributed by atoms with Crippen LogP contribution in [0, 0.1) is 0 Å². The van der Waals surface area contributed by atoms with E-state index in [-0.39, 0.29) is 6.42 Å². The van der Waals surface area contributed by atoms with E-state index in [4.69, 9.17) is 37.5 Å². The molecule has 2 aromatic carbocycles. The van der Waals surface area contributed by atoms with E-state index in [1.165, 1.54) is 0 Å². The summed E-state index contributed by atoms with van der Waals surface area (Å²) in [5.74, 6) is 0.878. The Hall–Kier alpha value is -2.50. The second-order valence-electron chi connectivity index (χ2n) is 5.89. The highest BCUT2D eigenvalue weighted by molar-refractivity contribution is 6.42. The lowest BCUT2D eigenvalue weighted by atomic mass is 10.1. The number of nitrogens with zero attached hydrogens (tertiary/aromatic N) is 1. The molecule has 0 atom stereocenters. The fourth-order valence-electron chi connectivity index (χ4n) is 2.66. The van der Waals surface area contributed by atoms with Gasteiger partial charge < -0.3 is 14.3 Å². The minimum atomic E-state index is -0.848. The minimum Gasteiger partial charge on any atom is -0.497 e. The molecule has 3 aromatic rings. The number of halogens is 2. The van der Waals surface area contributed by atoms with E-state index < -0.39 is 5.97 Å². The highest BCUT2D eigenvalue weighted by Crippen LogP contribution is 2.36. The molecule has 7 heteroatoms. The number of aliphatic carboxylic acids is 1. The number of oxazole rings is 1. The van der Waals surface area contributed by atoms with Crippen LogP contribution in [0.1, 0.15) is 18.7 Å². The Morgan fingerprint density at radius 2 is 1.96 bits per heavy atom. The van der Waals surface area contributed by atoms with Crippen molar-refractivity contribution in [1.29, 1.82) is 0 Å². The van der Waals surface area contributed by atoms with Crippen LogP contribution in [0.4, 0.5) is 0 Å². The van der Waals surface area contributed by atoms with Crippen molar-refractivity contribution < 1.29 is 19.1 Å². The van der Waals surface area contributed by atoms with Crippen molar-refractivity contribution in [1.82, 2.24) is 4.98 Å². The number of carboxylic acid groups (broad SMARTS) is 1. The van der Waals surface area contributed by atoms with Gasteiger partial charge in [0.25, 0.3) is 0 Å². The number of hydrogen-bond donors (Lipinski definition) is 1. The Bertz CT molecular complexity index is 968. The van der Waals surface area contributed by atoms with Gasteiger partial charge in [-0.3, -0.25) is 4.79 Å². The quantitative estimate of drug-likeness (QED) is 0.542. The van der Waals surface area contributed by atoms with E-state index in [9.17, 15) is 4.79 Å². The molecule has 1 aromatic heterocycles. The molecule has 0 saturated carbocycles. The van der Waals surface area contributed by atoms with Crippen LogP contribution in [0.15, 0.2) is 46.9 Å². The summed E-state index contributed by atoms with van der Waals surface area (Å²) in [4.78, 5) is 15.3. The summed E-state index contributed by atoms with van der Waals surface area (Å²) in [6.45, 7) is 0. The molecule has 0 radical (unpaired) electrons. The van der Waals surface area contributed by atoms with E-state index in [0.29, 0.717) is 46.0 Å². The average Bonchev–Trinajstić information content (AvgIpc) is 3.08. The van der Waals surface area contributed by atoms with Gasteiger partial charge in [-0.05, 0) is 30.7 Å². The van der Waals surface area contributed by atoms with Crippen molar-refractivity contribution in [3.8, 4) is 28.3 Å². The maximum atomic E-state index is 10.8. The zero-order valence-electron chi connectivity index (χ0n) is 14.5. The lowest BCUT2D eigenvalue weighted by Gasteiger charge is -2.05. The monoisotopic (exact) mass is 405 g/mol. The molecule has 1 heterocycles. The zero-order chi connectivity index (χ0) is 19.4. The summed E-state index contributed by atoms with van der Waals surface area (Å²) in [6.07, 6.45) is 0.914. The molecule has 3 rings (SSSR count). The molecular formula is C20H17Cl2NO4. The summed E-state index contributed by atoms with van der Waals surface area (Å²) in [7, 11) is 1.59. The number of rotatable bonds is 7. The summed E-state index contributed by atoms with van der Waals surface area (Å²) in [6, 6.07) is 12.7. The number of carboxylic acids is 1. The third kappa shape index (κ3) is 4.62. The van der Waals surface area contributed by atoms with E-state index in [2.05, 4.69) is 4.98 Å². The maximum absolute atomic E-state index is 10.8. The summed E-state index contributed by atoms with van der Waals surface area (Å²) in [5, 5.41) is 9.70. The van der Waals surface area contributed by atoms with Gasteiger partial charge in [-0.15, -0.1) is 0 Å². The van der Waals surface area contributed by atoms with Crippen molar-refractivity contribution in [2.24, 2.45) is 0 Å². The van der Waals surface area contributed by atoms with Crippen LogP contribution in [0.25, 0.3) is 22.6 Å². The molecule has 1 N–H and O–H groups in total. The smallest absolute Gasteiger partial charge is 0.303 e. The summed E-state index contributed by atoms with van der Waals surface area (Å²) in [5.41, 5.74) is 2.18. The first kappa shape index (κ1) is 19.3. The van der Waals surface area contributed by atoms with Crippen LogP contribution >= 0.6 is 23.2 Å². The molecule has 5 nitrogen and oxygen atoms in total. The average molecular weight is 406 g/mol. The van der Waals surface area contributed by atoms with E-state index in [1.807, 2.05) is 30.3 Å². The van der Waals surface area contributed by atoms with Gasteiger partial charge in [-0.1, -0.05) is 41.4 Å². The Balaban J connectivity index is 2.04. The second-order valence-corrected chi connectivity index (χ2v) is 6.71. The standard InChI is InChI=1S/C20H17Cl2NO4/c1-26-14-5-2-4-13(10-14)20-19(12-8-9-15(21)16(22)11-12)23-17(27-20)6-3-7-18(24)25/h2,4-5,8-11H,3,6-7H2,1H3,(H,24,25). The highest BCUT2D eigenvalue weighted by Gasteiger charge is 2.18. The SMILES string of the molecule is COc1cccc(-c2oc(CCCC(=O)O)nc2-c2ccc(Cl)c(Cl)c2)c1. The molecule has 0 aliphatic carbocycles. The number of benzene rings is 2. The topological polar surface area (TPSA) is 72.6 Å². The number of aryl methyl sites for hydroxylation is 1. The Labute approximate surface area is 166 Å². The first-order valence-corrected chi connectivity index (χ1v) is 9.05. The minimum absolute atomic E-state index is 0.0545. The molecule has 0 aliphatic rings. The van der Waals surface area contributed by atoms with Crippen molar-refractivity contribution in [3.63, 3.8) is 0 Å². The molecule has 27 heavy (non-hydrogen) atoms. The van der Waals surface area contributed by atoms with Crippen molar-refractivity contribution >= 4 is 29.2 Å². The molecule has 140 valence electrons. The van der Waals surface area contributed by atoms with Gasteiger partial charge >= 0.3 is 5.97 Å². The van der Waals surface area contributed by atoms with Gasteiger partial charge in [-0.2, -0.15) is 0 Å². The molecule has 0 saturated heterocycles. The van der Waals surface area contributed by atoms with Gasteiger partial charge in [0, 0.05) is 24.0 Å². The van der Waals surface area contributed by atoms with Gasteiger partial charge in [0.15, 0.2) is 11.7 Å². The van der Waals surface area contributed by atoms with Crippen LogP contribution in [0.3, 0.4) is 0 Å². The third-order valence-corrected chi connectivity index (χ3v) is 4.72. The first-order chi connectivity index (χ1) is 13.0. The fourth-order valence-corrected chi connectivity index (χ4v) is 2.96. The van der Waals surface area contributed by atoms with Crippen LogP contribution in [0.2, 0.25) is 10.0 Å². The Morgan fingerprint density at radius 1 is 1.15 bits per heavy atom. The van der Waals surface area contributed by atoms with Crippen LogP contribution in [0.5, 0.6) is 5.75 Å². The normalized spacial score (nSPS) is 10.8. The number of aromatic nitrogens is 1. The van der Waals surface area contributed by atoms with Crippen LogP contribution in [-0.2, 0) is 11.2 Å². The molecular weight excluding hydrogens is 389 g/mol. The predicted molar refractivity (Wildman–Crippen MR) is 105 cm³/mol. The summed E-state index contributed by atoms with van der Waals surface area (Å²) < 4.78 is 11.3. The molecule has 0 bridgehead atoms. The number of carbonyl (C=O) groups is 1. The molecule has 0 spiro atoms. The Morgan fingerprint density at radius 3 is 2.67 bits per heavy atom. The van der Waals surface area contributed by atoms with Crippen molar-refractivity contribution in [2.45, 2.75) is 19.3 Å². The molecule has 0 fully saturated rings. The number of hydrogen-bond acceptors (Lipinski definition) is 4. The predicted octanol–water partition coefficient (Wildman–Crippen LogP) is 5.73. The Kier molecular flexibility index (Phi) is 6.04. The van der Waals surface area contributed by atoms with E-state index >= 15 is 0 Å². The molecule has 0 aliphatic heterocycles. The fraction of sp³-hybridized carbons (Fsp3) is 0.200. The highest BCUT2D eigenvalue weighted by atomic mass is 35.5. The van der Waals surface area contributed by atoms with Gasteiger partial charge in [0.2, 0.25) is 0 Å².